The molecule has 116 valence electrons. The molecule has 0 bridgehead atoms. The number of aromatic nitrogens is 1. The zero-order chi connectivity index (χ0) is 15.8. The largest absolute Gasteiger partial charge is 0.398 e. The molecule has 0 fully saturated rings. The summed E-state index contributed by atoms with van der Waals surface area (Å²) in [5.74, 6) is 0.132. The lowest BCUT2D eigenvalue weighted by molar-refractivity contribution is -0.131. The number of aromatic amines is 1. The molecule has 0 atom stereocenters. The van der Waals surface area contributed by atoms with Crippen LogP contribution in [0, 0.1) is 0 Å². The topological polar surface area (TPSA) is 62.1 Å². The monoisotopic (exact) mass is 305 g/mol. The van der Waals surface area contributed by atoms with Crippen molar-refractivity contribution < 1.29 is 4.79 Å². The quantitative estimate of drug-likeness (QED) is 0.715. The van der Waals surface area contributed by atoms with Crippen LogP contribution in [0.3, 0.4) is 0 Å². The number of fused-ring (bicyclic) bond motifs is 3. The highest BCUT2D eigenvalue weighted by Gasteiger charge is 2.24. The van der Waals surface area contributed by atoms with Crippen molar-refractivity contribution in [1.82, 2.24) is 9.88 Å². The second-order valence-electron chi connectivity index (χ2n) is 6.07. The summed E-state index contributed by atoms with van der Waals surface area (Å²) < 4.78 is 0. The van der Waals surface area contributed by atoms with Crippen LogP contribution in [0.25, 0.3) is 10.9 Å². The number of hydrogen-bond donors (Lipinski definition) is 2. The lowest BCUT2D eigenvalue weighted by Crippen LogP contribution is -2.36. The Morgan fingerprint density at radius 1 is 1.13 bits per heavy atom. The van der Waals surface area contributed by atoms with E-state index in [0.29, 0.717) is 18.7 Å². The summed E-state index contributed by atoms with van der Waals surface area (Å²) in [6.07, 6.45) is 1.26. The summed E-state index contributed by atoms with van der Waals surface area (Å²) >= 11 is 0. The molecule has 0 radical (unpaired) electrons. The highest BCUT2D eigenvalue weighted by molar-refractivity contribution is 5.86. The molecule has 1 aliphatic heterocycles. The number of nitrogen functional groups attached to an aromatic ring is 1. The van der Waals surface area contributed by atoms with Crippen molar-refractivity contribution in [2.45, 2.75) is 19.4 Å². The first kappa shape index (κ1) is 13.9. The van der Waals surface area contributed by atoms with Crippen molar-refractivity contribution in [3.63, 3.8) is 0 Å². The van der Waals surface area contributed by atoms with Crippen LogP contribution in [-0.2, 0) is 24.2 Å². The fourth-order valence-electron chi connectivity index (χ4n) is 3.38. The Hall–Kier alpha value is -2.75. The van der Waals surface area contributed by atoms with Crippen LogP contribution in [0.15, 0.2) is 48.5 Å². The molecule has 2 heterocycles. The van der Waals surface area contributed by atoms with Gasteiger partial charge < -0.3 is 15.6 Å². The maximum absolute atomic E-state index is 12.6. The summed E-state index contributed by atoms with van der Waals surface area (Å²) in [5.41, 5.74) is 11.2. The molecule has 3 aromatic rings. The number of rotatable bonds is 2. The Bertz CT molecular complexity index is 881. The van der Waals surface area contributed by atoms with Gasteiger partial charge >= 0.3 is 0 Å². The number of amides is 1. The molecule has 4 heteroatoms. The zero-order valence-corrected chi connectivity index (χ0v) is 12.9. The fourth-order valence-corrected chi connectivity index (χ4v) is 3.38. The predicted octanol–water partition coefficient (Wildman–Crippen LogP) is 2.88. The van der Waals surface area contributed by atoms with Gasteiger partial charge in [0, 0.05) is 28.8 Å². The Balaban J connectivity index is 1.56. The average molecular weight is 305 g/mol. The first-order chi connectivity index (χ1) is 11.2. The van der Waals surface area contributed by atoms with Crippen LogP contribution in [0.2, 0.25) is 0 Å². The summed E-state index contributed by atoms with van der Waals surface area (Å²) in [7, 11) is 0. The van der Waals surface area contributed by atoms with Gasteiger partial charge in [0.2, 0.25) is 5.91 Å². The second-order valence-corrected chi connectivity index (χ2v) is 6.07. The van der Waals surface area contributed by atoms with Gasteiger partial charge in [-0.2, -0.15) is 0 Å². The van der Waals surface area contributed by atoms with Crippen LogP contribution < -0.4 is 5.73 Å². The Morgan fingerprint density at radius 2 is 1.91 bits per heavy atom. The van der Waals surface area contributed by atoms with E-state index in [0.717, 1.165) is 29.7 Å². The molecule has 0 saturated carbocycles. The minimum Gasteiger partial charge on any atom is -0.398 e. The van der Waals surface area contributed by atoms with Gasteiger partial charge in [0.25, 0.3) is 0 Å². The van der Waals surface area contributed by atoms with Gasteiger partial charge in [0.05, 0.1) is 13.0 Å². The number of anilines is 1. The van der Waals surface area contributed by atoms with Crippen LogP contribution in [0.1, 0.15) is 16.8 Å². The van der Waals surface area contributed by atoms with Crippen LogP contribution >= 0.6 is 0 Å². The van der Waals surface area contributed by atoms with Gasteiger partial charge in [-0.3, -0.25) is 4.79 Å². The van der Waals surface area contributed by atoms with Crippen molar-refractivity contribution in [3.05, 3.63) is 65.4 Å². The van der Waals surface area contributed by atoms with E-state index >= 15 is 0 Å². The molecule has 1 amide bonds. The normalized spacial score (nSPS) is 14.0. The molecule has 2 aromatic carbocycles. The van der Waals surface area contributed by atoms with Crippen molar-refractivity contribution >= 4 is 22.5 Å². The number of H-pyrrole nitrogens is 1. The fraction of sp³-hybridized carbons (Fsp3) is 0.211. The molecular formula is C19H19N3O. The van der Waals surface area contributed by atoms with E-state index in [1.54, 1.807) is 0 Å². The third kappa shape index (κ3) is 2.46. The van der Waals surface area contributed by atoms with Gasteiger partial charge in [-0.25, -0.2) is 0 Å². The summed E-state index contributed by atoms with van der Waals surface area (Å²) in [5, 5.41) is 1.28. The van der Waals surface area contributed by atoms with Gasteiger partial charge in [-0.05, 0) is 29.7 Å². The maximum atomic E-state index is 12.6. The number of carbonyl (C=O) groups is 1. The van der Waals surface area contributed by atoms with Gasteiger partial charge in [0.1, 0.15) is 0 Å². The number of nitrogens with two attached hydrogens (primary N) is 1. The number of hydrogen-bond acceptors (Lipinski definition) is 2. The van der Waals surface area contributed by atoms with Crippen LogP contribution in [0.5, 0.6) is 0 Å². The number of benzene rings is 2. The Kier molecular flexibility index (Phi) is 3.30. The van der Waals surface area contributed by atoms with Crippen LogP contribution in [-0.4, -0.2) is 22.3 Å². The van der Waals surface area contributed by atoms with Crippen LogP contribution in [0.4, 0.5) is 5.69 Å². The summed E-state index contributed by atoms with van der Waals surface area (Å²) in [4.78, 5) is 18.0. The van der Waals surface area contributed by atoms with Crippen molar-refractivity contribution in [3.8, 4) is 0 Å². The minimum absolute atomic E-state index is 0.132. The highest BCUT2D eigenvalue weighted by atomic mass is 16.2. The molecule has 23 heavy (non-hydrogen) atoms. The molecule has 0 unspecified atom stereocenters. The van der Waals surface area contributed by atoms with Gasteiger partial charge in [-0.15, -0.1) is 0 Å². The van der Waals surface area contributed by atoms with E-state index in [-0.39, 0.29) is 5.91 Å². The standard InChI is InChI=1S/C19H19N3O/c20-16-7-3-1-5-13(16)11-19(23)22-10-9-15-14-6-2-4-8-17(14)21-18(15)12-22/h1-8,21H,9-12,20H2. The molecule has 4 nitrogen and oxygen atoms in total. The number of nitrogens with one attached hydrogen (secondary N) is 1. The molecular weight excluding hydrogens is 286 g/mol. The highest BCUT2D eigenvalue weighted by Crippen LogP contribution is 2.27. The molecule has 1 aliphatic rings. The molecule has 0 spiro atoms. The predicted molar refractivity (Wildman–Crippen MR) is 92.0 cm³/mol. The Morgan fingerprint density at radius 3 is 2.78 bits per heavy atom. The smallest absolute Gasteiger partial charge is 0.227 e. The number of carbonyl (C=O) groups excluding carboxylic acids is 1. The van der Waals surface area contributed by atoms with E-state index in [2.05, 4.69) is 23.2 Å². The Labute approximate surface area is 134 Å². The van der Waals surface area contributed by atoms with Crippen molar-refractivity contribution in [2.24, 2.45) is 0 Å². The number of nitrogens with zero attached hydrogens (tertiary/aromatic N) is 1. The molecule has 0 saturated heterocycles. The second kappa shape index (κ2) is 5.47. The van der Waals surface area contributed by atoms with E-state index in [4.69, 9.17) is 5.73 Å². The van der Waals surface area contributed by atoms with E-state index in [1.807, 2.05) is 35.2 Å². The first-order valence-electron chi connectivity index (χ1n) is 7.92. The number of para-hydroxylation sites is 2. The maximum Gasteiger partial charge on any atom is 0.227 e. The van der Waals surface area contributed by atoms with Gasteiger partial charge in [-0.1, -0.05) is 36.4 Å². The lowest BCUT2D eigenvalue weighted by atomic mass is 10.0. The molecule has 1 aromatic heterocycles. The third-order valence-corrected chi connectivity index (χ3v) is 4.63. The zero-order valence-electron chi connectivity index (χ0n) is 12.9. The van der Waals surface area contributed by atoms with Crippen molar-refractivity contribution in [2.75, 3.05) is 12.3 Å². The summed E-state index contributed by atoms with van der Waals surface area (Å²) in [6.45, 7) is 1.41. The summed E-state index contributed by atoms with van der Waals surface area (Å²) in [6, 6.07) is 15.9. The van der Waals surface area contributed by atoms with E-state index < -0.39 is 0 Å². The third-order valence-electron chi connectivity index (χ3n) is 4.63. The van der Waals surface area contributed by atoms with E-state index in [1.165, 1.54) is 10.9 Å². The lowest BCUT2D eigenvalue weighted by Gasteiger charge is -2.27. The van der Waals surface area contributed by atoms with E-state index in [9.17, 15) is 4.79 Å². The minimum atomic E-state index is 0.132. The van der Waals surface area contributed by atoms with Gasteiger partial charge in [0.15, 0.2) is 0 Å². The molecule has 4 rings (SSSR count). The average Bonchev–Trinajstić information content (AvgIpc) is 2.94. The first-order valence-corrected chi connectivity index (χ1v) is 7.92. The molecule has 3 N–H and O–H groups in total. The SMILES string of the molecule is Nc1ccccc1CC(=O)N1CCc2c([nH]c3ccccc23)C1. The van der Waals surface area contributed by atoms with Crippen molar-refractivity contribution in [1.29, 1.82) is 0 Å². The molecule has 0 aliphatic carbocycles.